The Hall–Kier alpha value is -2.64. The molecule has 23 heavy (non-hydrogen) atoms. The molecule has 8 heteroatoms. The summed E-state index contributed by atoms with van der Waals surface area (Å²) in [5.74, 6) is 1.09. The number of carbonyl (C=O) groups excluding carboxylic acids is 2. The summed E-state index contributed by atoms with van der Waals surface area (Å²) in [6.07, 6.45) is 2.12. The Kier molecular flexibility index (Phi) is 4.83. The number of carbonyl (C=O) groups is 2. The van der Waals surface area contributed by atoms with Crippen molar-refractivity contribution < 1.29 is 14.1 Å². The number of anilines is 1. The molecule has 0 aliphatic carbocycles. The summed E-state index contributed by atoms with van der Waals surface area (Å²) in [6.45, 7) is 4.33. The molecule has 0 aromatic carbocycles. The molecule has 0 spiro atoms. The van der Waals surface area contributed by atoms with E-state index in [2.05, 4.69) is 10.1 Å². The van der Waals surface area contributed by atoms with E-state index in [1.54, 1.807) is 25.7 Å². The van der Waals surface area contributed by atoms with Gasteiger partial charge in [-0.25, -0.2) is 4.98 Å². The molecular weight excluding hydrogens is 298 g/mol. The molecule has 2 rings (SSSR count). The van der Waals surface area contributed by atoms with Crippen LogP contribution in [0.3, 0.4) is 0 Å². The maximum Gasteiger partial charge on any atom is 0.274 e. The number of imidazole rings is 1. The number of hydrogen-bond donors (Lipinski definition) is 0. The summed E-state index contributed by atoms with van der Waals surface area (Å²) in [7, 11) is 4.94. The van der Waals surface area contributed by atoms with Gasteiger partial charge in [-0.3, -0.25) is 9.59 Å². The highest BCUT2D eigenvalue weighted by Gasteiger charge is 2.24. The van der Waals surface area contributed by atoms with Gasteiger partial charge in [0.05, 0.1) is 12.9 Å². The molecule has 0 saturated heterocycles. The Balaban J connectivity index is 2.19. The number of aryl methyl sites for hydroxylation is 1. The van der Waals surface area contributed by atoms with Crippen molar-refractivity contribution in [3.63, 3.8) is 0 Å². The number of amides is 2. The van der Waals surface area contributed by atoms with Gasteiger partial charge in [0.15, 0.2) is 11.5 Å². The van der Waals surface area contributed by atoms with Gasteiger partial charge in [0.25, 0.3) is 5.91 Å². The van der Waals surface area contributed by atoms with Crippen molar-refractivity contribution in [2.75, 3.05) is 19.0 Å². The normalized spacial score (nSPS) is 10.9. The summed E-state index contributed by atoms with van der Waals surface area (Å²) in [5.41, 5.74) is 1.02. The standard InChI is InChI=1S/C15H21N5O3/c1-10(2)12-6-11(17-23-12)7-18(3)15(22)13-14(20(5)9-21)16-8-19(13)4/h6,8-10H,7H2,1-5H3. The lowest BCUT2D eigenvalue weighted by molar-refractivity contribution is -0.107. The van der Waals surface area contributed by atoms with Gasteiger partial charge in [-0.05, 0) is 0 Å². The van der Waals surface area contributed by atoms with Crippen molar-refractivity contribution in [1.29, 1.82) is 0 Å². The molecule has 2 aromatic rings. The van der Waals surface area contributed by atoms with Crippen LogP contribution in [0.5, 0.6) is 0 Å². The fourth-order valence-electron chi connectivity index (χ4n) is 2.14. The summed E-state index contributed by atoms with van der Waals surface area (Å²) in [5, 5.41) is 3.98. The fraction of sp³-hybridized carbons (Fsp3) is 0.467. The average Bonchev–Trinajstić information content (AvgIpc) is 3.12. The van der Waals surface area contributed by atoms with Gasteiger partial charge in [0.2, 0.25) is 6.41 Å². The average molecular weight is 319 g/mol. The van der Waals surface area contributed by atoms with Crippen LogP contribution in [0.15, 0.2) is 16.9 Å². The van der Waals surface area contributed by atoms with Crippen LogP contribution in [0, 0.1) is 0 Å². The molecule has 124 valence electrons. The number of aromatic nitrogens is 3. The molecule has 0 bridgehead atoms. The molecule has 2 heterocycles. The lowest BCUT2D eigenvalue weighted by atomic mass is 10.1. The van der Waals surface area contributed by atoms with E-state index in [-0.39, 0.29) is 11.8 Å². The molecule has 0 aliphatic rings. The van der Waals surface area contributed by atoms with Crippen LogP contribution in [0.1, 0.15) is 41.7 Å². The third kappa shape index (κ3) is 3.41. The van der Waals surface area contributed by atoms with Crippen LogP contribution in [-0.2, 0) is 18.4 Å². The van der Waals surface area contributed by atoms with E-state index < -0.39 is 0 Å². The molecule has 0 fully saturated rings. The second-order valence-electron chi connectivity index (χ2n) is 5.78. The minimum Gasteiger partial charge on any atom is -0.361 e. The van der Waals surface area contributed by atoms with Crippen LogP contribution in [0.2, 0.25) is 0 Å². The first kappa shape index (κ1) is 16.7. The Morgan fingerprint density at radius 3 is 2.70 bits per heavy atom. The molecule has 0 N–H and O–H groups in total. The summed E-state index contributed by atoms with van der Waals surface area (Å²) in [4.78, 5) is 30.5. The van der Waals surface area contributed by atoms with Crippen molar-refractivity contribution in [3.8, 4) is 0 Å². The highest BCUT2D eigenvalue weighted by Crippen LogP contribution is 2.19. The summed E-state index contributed by atoms with van der Waals surface area (Å²) in [6, 6.07) is 1.84. The van der Waals surface area contributed by atoms with Crippen LogP contribution < -0.4 is 4.90 Å². The first-order chi connectivity index (χ1) is 10.8. The van der Waals surface area contributed by atoms with E-state index in [0.29, 0.717) is 30.2 Å². The van der Waals surface area contributed by atoms with Gasteiger partial charge in [-0.2, -0.15) is 0 Å². The maximum atomic E-state index is 12.7. The van der Waals surface area contributed by atoms with Gasteiger partial charge >= 0.3 is 0 Å². The minimum atomic E-state index is -0.247. The summed E-state index contributed by atoms with van der Waals surface area (Å²) < 4.78 is 6.83. The lowest BCUT2D eigenvalue weighted by Gasteiger charge is -2.18. The van der Waals surface area contributed by atoms with Gasteiger partial charge in [-0.1, -0.05) is 19.0 Å². The Bertz CT molecular complexity index is 704. The van der Waals surface area contributed by atoms with E-state index in [1.807, 2.05) is 19.9 Å². The second kappa shape index (κ2) is 6.64. The maximum absolute atomic E-state index is 12.7. The fourth-order valence-corrected chi connectivity index (χ4v) is 2.14. The molecule has 2 amide bonds. The molecule has 8 nitrogen and oxygen atoms in total. The van der Waals surface area contributed by atoms with Crippen molar-refractivity contribution >= 4 is 18.1 Å². The topological polar surface area (TPSA) is 84.5 Å². The molecule has 0 radical (unpaired) electrons. The van der Waals surface area contributed by atoms with Gasteiger partial charge < -0.3 is 18.9 Å². The van der Waals surface area contributed by atoms with Crippen LogP contribution in [0.4, 0.5) is 5.82 Å². The zero-order valence-electron chi connectivity index (χ0n) is 14.0. The van der Waals surface area contributed by atoms with Crippen LogP contribution in [0.25, 0.3) is 0 Å². The van der Waals surface area contributed by atoms with Crippen molar-refractivity contribution in [1.82, 2.24) is 19.6 Å². The minimum absolute atomic E-state index is 0.238. The molecule has 0 unspecified atom stereocenters. The largest absolute Gasteiger partial charge is 0.361 e. The van der Waals surface area contributed by atoms with Crippen LogP contribution >= 0.6 is 0 Å². The van der Waals surface area contributed by atoms with Crippen molar-refractivity contribution in [2.24, 2.45) is 7.05 Å². The smallest absolute Gasteiger partial charge is 0.274 e. The van der Waals surface area contributed by atoms with E-state index in [1.165, 1.54) is 16.1 Å². The van der Waals surface area contributed by atoms with Crippen LogP contribution in [-0.4, -0.2) is 46.0 Å². The van der Waals surface area contributed by atoms with Crippen molar-refractivity contribution in [3.05, 3.63) is 29.5 Å². The Morgan fingerprint density at radius 2 is 2.13 bits per heavy atom. The second-order valence-corrected chi connectivity index (χ2v) is 5.78. The first-order valence-electron chi connectivity index (χ1n) is 7.25. The number of nitrogens with zero attached hydrogens (tertiary/aromatic N) is 5. The SMILES string of the molecule is CC(C)c1cc(CN(C)C(=O)c2c(N(C)C=O)ncn2C)no1. The predicted octanol–water partition coefficient (Wildman–Crippen LogP) is 1.40. The Labute approximate surface area is 134 Å². The van der Waals surface area contributed by atoms with Gasteiger partial charge in [-0.15, -0.1) is 0 Å². The highest BCUT2D eigenvalue weighted by atomic mass is 16.5. The molecule has 0 atom stereocenters. The Morgan fingerprint density at radius 1 is 1.43 bits per heavy atom. The van der Waals surface area contributed by atoms with E-state index >= 15 is 0 Å². The van der Waals surface area contributed by atoms with Gasteiger partial charge in [0, 0.05) is 33.1 Å². The van der Waals surface area contributed by atoms with Crippen molar-refractivity contribution in [2.45, 2.75) is 26.3 Å². The third-order valence-corrected chi connectivity index (χ3v) is 3.50. The number of rotatable bonds is 6. The van der Waals surface area contributed by atoms with E-state index in [4.69, 9.17) is 4.52 Å². The zero-order chi connectivity index (χ0) is 17.1. The summed E-state index contributed by atoms with van der Waals surface area (Å²) >= 11 is 0. The monoisotopic (exact) mass is 319 g/mol. The zero-order valence-corrected chi connectivity index (χ0v) is 14.0. The molecule has 0 saturated carbocycles. The lowest BCUT2D eigenvalue weighted by Crippen LogP contribution is -2.30. The van der Waals surface area contributed by atoms with E-state index in [9.17, 15) is 9.59 Å². The molecule has 0 aliphatic heterocycles. The van der Waals surface area contributed by atoms with E-state index in [0.717, 1.165) is 5.76 Å². The first-order valence-corrected chi connectivity index (χ1v) is 7.25. The molecule has 2 aromatic heterocycles. The predicted molar refractivity (Wildman–Crippen MR) is 84.1 cm³/mol. The molecular formula is C15H21N5O3. The quantitative estimate of drug-likeness (QED) is 0.751. The third-order valence-electron chi connectivity index (χ3n) is 3.50. The van der Waals surface area contributed by atoms with Gasteiger partial charge in [0.1, 0.15) is 11.5 Å². The number of hydrogen-bond acceptors (Lipinski definition) is 5. The highest BCUT2D eigenvalue weighted by molar-refractivity contribution is 5.99.